The summed E-state index contributed by atoms with van der Waals surface area (Å²) in [6.45, 7) is 5.79. The maximum absolute atomic E-state index is 11.9. The Labute approximate surface area is 111 Å². The molecule has 0 aliphatic rings. The van der Waals surface area contributed by atoms with Crippen LogP contribution >= 0.6 is 0 Å². The second-order valence-corrected chi connectivity index (χ2v) is 4.33. The largest absolute Gasteiger partial charge is 0.358 e. The molecule has 7 nitrogen and oxygen atoms in total. The first-order valence-corrected chi connectivity index (χ1v) is 5.99. The third kappa shape index (κ3) is 3.64. The van der Waals surface area contributed by atoms with Crippen LogP contribution in [0, 0.1) is 17.0 Å². The van der Waals surface area contributed by atoms with Crippen LogP contribution in [0.15, 0.2) is 12.3 Å². The van der Waals surface area contributed by atoms with Crippen LogP contribution in [0.2, 0.25) is 0 Å². The van der Waals surface area contributed by atoms with Crippen LogP contribution in [-0.2, 0) is 4.79 Å². The molecular formula is C12H18N4O3. The Morgan fingerprint density at radius 2 is 2.26 bits per heavy atom. The molecule has 1 N–H and O–H groups in total. The molecule has 1 aromatic heterocycles. The normalized spacial score (nSPS) is 11.8. The van der Waals surface area contributed by atoms with Gasteiger partial charge in [0, 0.05) is 25.4 Å². The molecule has 0 aliphatic carbocycles. The van der Waals surface area contributed by atoms with E-state index in [2.05, 4.69) is 10.3 Å². The Morgan fingerprint density at radius 3 is 2.79 bits per heavy atom. The number of hydrogen-bond acceptors (Lipinski definition) is 5. The number of nitro groups is 1. The van der Waals surface area contributed by atoms with Gasteiger partial charge in [-0.15, -0.1) is 0 Å². The number of rotatable bonds is 5. The summed E-state index contributed by atoms with van der Waals surface area (Å²) in [7, 11) is 1.70. The van der Waals surface area contributed by atoms with Gasteiger partial charge in [-0.05, 0) is 20.8 Å². The number of pyridine rings is 1. The maximum Gasteiger partial charge on any atom is 0.277 e. The van der Waals surface area contributed by atoms with Gasteiger partial charge in [0.05, 0.1) is 11.0 Å². The fourth-order valence-electron chi connectivity index (χ4n) is 1.56. The van der Waals surface area contributed by atoms with E-state index in [4.69, 9.17) is 0 Å². The Morgan fingerprint density at radius 1 is 1.63 bits per heavy atom. The number of carbonyl (C=O) groups is 1. The monoisotopic (exact) mass is 266 g/mol. The minimum Gasteiger partial charge on any atom is -0.358 e. The lowest BCUT2D eigenvalue weighted by atomic mass is 10.2. The first-order chi connectivity index (χ1) is 8.86. The maximum atomic E-state index is 11.9. The minimum atomic E-state index is -0.486. The van der Waals surface area contributed by atoms with Crippen molar-refractivity contribution in [2.75, 3.05) is 18.9 Å². The highest BCUT2D eigenvalue weighted by molar-refractivity contribution is 5.83. The van der Waals surface area contributed by atoms with Crippen LogP contribution in [0.5, 0.6) is 0 Å². The molecule has 0 radical (unpaired) electrons. The third-order valence-electron chi connectivity index (χ3n) is 2.86. The van der Waals surface area contributed by atoms with E-state index < -0.39 is 11.0 Å². The Bertz CT molecular complexity index is 490. The smallest absolute Gasteiger partial charge is 0.277 e. The average molecular weight is 266 g/mol. The van der Waals surface area contributed by atoms with Crippen molar-refractivity contribution in [3.8, 4) is 0 Å². The van der Waals surface area contributed by atoms with Gasteiger partial charge < -0.3 is 10.2 Å². The van der Waals surface area contributed by atoms with Gasteiger partial charge in [0.1, 0.15) is 11.9 Å². The van der Waals surface area contributed by atoms with Crippen molar-refractivity contribution in [3.05, 3.63) is 27.9 Å². The topological polar surface area (TPSA) is 88.4 Å². The van der Waals surface area contributed by atoms with E-state index in [-0.39, 0.29) is 11.6 Å². The number of anilines is 1. The lowest BCUT2D eigenvalue weighted by Gasteiger charge is -2.20. The van der Waals surface area contributed by atoms with E-state index >= 15 is 0 Å². The fraction of sp³-hybridized carbons (Fsp3) is 0.500. The van der Waals surface area contributed by atoms with E-state index in [1.807, 2.05) is 6.92 Å². The molecule has 0 saturated carbocycles. The number of nitrogens with zero attached hydrogens (tertiary/aromatic N) is 3. The summed E-state index contributed by atoms with van der Waals surface area (Å²) in [5.74, 6) is 0.232. The van der Waals surface area contributed by atoms with Crippen molar-refractivity contribution in [3.63, 3.8) is 0 Å². The van der Waals surface area contributed by atoms with E-state index in [1.165, 1.54) is 12.3 Å². The second-order valence-electron chi connectivity index (χ2n) is 4.33. The standard InChI is InChI=1S/C12H18N4O3/c1-5-15(4)12(17)9(3)14-11-6-10(16(18)19)8(2)7-13-11/h6-7,9H,5H2,1-4H3,(H,13,14). The Balaban J connectivity index is 2.86. The Kier molecular flexibility index (Phi) is 4.80. The summed E-state index contributed by atoms with van der Waals surface area (Å²) in [5.41, 5.74) is 0.473. The SMILES string of the molecule is CCN(C)C(=O)C(C)Nc1cc([N+](=O)[O-])c(C)cn1. The average Bonchev–Trinajstić information content (AvgIpc) is 2.38. The van der Waals surface area contributed by atoms with E-state index in [0.29, 0.717) is 17.9 Å². The summed E-state index contributed by atoms with van der Waals surface area (Å²) >= 11 is 0. The molecule has 1 amide bonds. The number of nitrogens with one attached hydrogen (secondary N) is 1. The second kappa shape index (κ2) is 6.12. The summed E-state index contributed by atoms with van der Waals surface area (Å²) in [6.07, 6.45) is 1.42. The molecule has 1 rings (SSSR count). The van der Waals surface area contributed by atoms with Crippen molar-refractivity contribution in [1.29, 1.82) is 0 Å². The molecule has 0 aliphatic heterocycles. The molecule has 0 aromatic carbocycles. The zero-order chi connectivity index (χ0) is 14.6. The van der Waals surface area contributed by atoms with Crippen molar-refractivity contribution < 1.29 is 9.72 Å². The predicted molar refractivity (Wildman–Crippen MR) is 72.0 cm³/mol. The zero-order valence-corrected chi connectivity index (χ0v) is 11.5. The molecule has 0 saturated heterocycles. The molecule has 1 atom stereocenters. The number of hydrogen-bond donors (Lipinski definition) is 1. The molecule has 1 aromatic rings. The number of aryl methyl sites for hydroxylation is 1. The van der Waals surface area contributed by atoms with E-state index in [0.717, 1.165) is 0 Å². The third-order valence-corrected chi connectivity index (χ3v) is 2.86. The predicted octanol–water partition coefficient (Wildman–Crippen LogP) is 1.58. The van der Waals surface area contributed by atoms with Gasteiger partial charge >= 0.3 is 0 Å². The van der Waals surface area contributed by atoms with Gasteiger partial charge in [-0.3, -0.25) is 14.9 Å². The van der Waals surface area contributed by atoms with E-state index in [9.17, 15) is 14.9 Å². The molecule has 1 unspecified atom stereocenters. The summed E-state index contributed by atoms with van der Waals surface area (Å²) in [5, 5.41) is 13.7. The highest BCUT2D eigenvalue weighted by Crippen LogP contribution is 2.20. The molecule has 104 valence electrons. The zero-order valence-electron chi connectivity index (χ0n) is 11.5. The molecule has 0 fully saturated rings. The number of amides is 1. The summed E-state index contributed by atoms with van der Waals surface area (Å²) in [4.78, 5) is 27.8. The summed E-state index contributed by atoms with van der Waals surface area (Å²) in [6, 6.07) is 0.852. The van der Waals surface area contributed by atoms with Gasteiger partial charge in [-0.2, -0.15) is 0 Å². The van der Waals surface area contributed by atoms with Crippen molar-refractivity contribution in [2.45, 2.75) is 26.8 Å². The number of carbonyl (C=O) groups excluding carboxylic acids is 1. The first kappa shape index (κ1) is 14.9. The number of aromatic nitrogens is 1. The van der Waals surface area contributed by atoms with Crippen molar-refractivity contribution in [1.82, 2.24) is 9.88 Å². The minimum absolute atomic E-state index is 0.0130. The lowest BCUT2D eigenvalue weighted by Crippen LogP contribution is -2.39. The molecule has 0 spiro atoms. The molecule has 1 heterocycles. The van der Waals surface area contributed by atoms with Gasteiger partial charge in [-0.1, -0.05) is 0 Å². The van der Waals surface area contributed by atoms with E-state index in [1.54, 1.807) is 25.8 Å². The van der Waals surface area contributed by atoms with Gasteiger partial charge in [0.2, 0.25) is 5.91 Å². The number of likely N-dealkylation sites (N-methyl/N-ethyl adjacent to an activating group) is 1. The van der Waals surface area contributed by atoms with Crippen molar-refractivity contribution in [2.24, 2.45) is 0 Å². The first-order valence-electron chi connectivity index (χ1n) is 5.99. The van der Waals surface area contributed by atoms with Crippen LogP contribution in [0.4, 0.5) is 11.5 Å². The van der Waals surface area contributed by atoms with Crippen molar-refractivity contribution >= 4 is 17.4 Å². The van der Waals surface area contributed by atoms with Crippen LogP contribution in [0.25, 0.3) is 0 Å². The quantitative estimate of drug-likeness (QED) is 0.645. The van der Waals surface area contributed by atoms with Crippen LogP contribution in [-0.4, -0.2) is 40.3 Å². The summed E-state index contributed by atoms with van der Waals surface area (Å²) < 4.78 is 0. The highest BCUT2D eigenvalue weighted by Gasteiger charge is 2.18. The van der Waals surface area contributed by atoms with Crippen LogP contribution < -0.4 is 5.32 Å². The lowest BCUT2D eigenvalue weighted by molar-refractivity contribution is -0.385. The molecule has 0 bridgehead atoms. The Hall–Kier alpha value is -2.18. The van der Waals surface area contributed by atoms with Crippen LogP contribution in [0.1, 0.15) is 19.4 Å². The molecule has 7 heteroatoms. The van der Waals surface area contributed by atoms with Gasteiger partial charge in [-0.25, -0.2) is 4.98 Å². The molecular weight excluding hydrogens is 248 g/mol. The fourth-order valence-corrected chi connectivity index (χ4v) is 1.56. The van der Waals surface area contributed by atoms with Gasteiger partial charge in [0.15, 0.2) is 0 Å². The molecule has 19 heavy (non-hydrogen) atoms. The highest BCUT2D eigenvalue weighted by atomic mass is 16.6. The van der Waals surface area contributed by atoms with Gasteiger partial charge in [0.25, 0.3) is 5.69 Å². The van der Waals surface area contributed by atoms with Crippen LogP contribution in [0.3, 0.4) is 0 Å².